The Morgan fingerprint density at radius 3 is 1.62 bits per heavy atom. The molecule has 0 aromatic rings. The second-order valence-electron chi connectivity index (χ2n) is 6.50. The minimum absolute atomic E-state index is 0.886. The lowest BCUT2D eigenvalue weighted by atomic mass is 10.1. The Balaban J connectivity index is 3.16. The molecule has 0 bridgehead atoms. The van der Waals surface area contributed by atoms with Gasteiger partial charge >= 0.3 is 5.97 Å². The Labute approximate surface area is 149 Å². The van der Waals surface area contributed by atoms with Crippen LogP contribution in [0.4, 0.5) is 0 Å². The molecule has 0 saturated heterocycles. The van der Waals surface area contributed by atoms with Gasteiger partial charge in [-0.15, -0.1) is 0 Å². The van der Waals surface area contributed by atoms with Gasteiger partial charge < -0.3 is 5.11 Å². The first kappa shape index (κ1) is 22.7. The zero-order valence-electron chi connectivity index (χ0n) is 15.7. The molecule has 1 N–H and O–H groups in total. The Hall–Kier alpha value is -1.31. The lowest BCUT2D eigenvalue weighted by Gasteiger charge is -2.00. The van der Waals surface area contributed by atoms with Crippen molar-refractivity contribution in [2.24, 2.45) is 0 Å². The zero-order chi connectivity index (χ0) is 17.7. The van der Waals surface area contributed by atoms with Gasteiger partial charge in [0.05, 0.1) is 0 Å². The first-order valence-electron chi connectivity index (χ1n) is 9.98. The van der Waals surface area contributed by atoms with Crippen molar-refractivity contribution in [3.05, 3.63) is 36.5 Å². The van der Waals surface area contributed by atoms with Crippen LogP contribution in [0.3, 0.4) is 0 Å². The summed E-state index contributed by atoms with van der Waals surface area (Å²) in [6.45, 7) is 2.25. The van der Waals surface area contributed by atoms with Gasteiger partial charge in [0.2, 0.25) is 0 Å². The average Bonchev–Trinajstić information content (AvgIpc) is 2.56. The van der Waals surface area contributed by atoms with Crippen LogP contribution in [0.5, 0.6) is 0 Å². The summed E-state index contributed by atoms with van der Waals surface area (Å²) >= 11 is 0. The Morgan fingerprint density at radius 2 is 1.12 bits per heavy atom. The summed E-state index contributed by atoms with van der Waals surface area (Å²) in [4.78, 5) is 10.3. The highest BCUT2D eigenvalue weighted by Gasteiger charge is 1.91. The number of allylic oxidation sites excluding steroid dienone is 5. The third-order valence-electron chi connectivity index (χ3n) is 4.12. The monoisotopic (exact) mass is 334 g/mol. The molecule has 24 heavy (non-hydrogen) atoms. The van der Waals surface area contributed by atoms with E-state index in [1.54, 1.807) is 6.08 Å². The van der Waals surface area contributed by atoms with E-state index in [2.05, 4.69) is 25.2 Å². The van der Waals surface area contributed by atoms with Crippen molar-refractivity contribution < 1.29 is 9.90 Å². The third-order valence-corrected chi connectivity index (χ3v) is 4.12. The summed E-state index contributed by atoms with van der Waals surface area (Å²) in [5, 5.41) is 8.43. The molecule has 0 amide bonds. The van der Waals surface area contributed by atoms with E-state index < -0.39 is 5.97 Å². The Bertz CT molecular complexity index is 353. The van der Waals surface area contributed by atoms with Gasteiger partial charge in [0, 0.05) is 6.08 Å². The van der Waals surface area contributed by atoms with Crippen molar-refractivity contribution in [2.75, 3.05) is 0 Å². The minimum Gasteiger partial charge on any atom is -0.478 e. The summed E-state index contributed by atoms with van der Waals surface area (Å²) in [6, 6.07) is 0. The summed E-state index contributed by atoms with van der Waals surface area (Å²) in [6.07, 6.45) is 29.6. The first-order chi connectivity index (χ1) is 11.8. The molecular weight excluding hydrogens is 296 g/mol. The molecule has 2 nitrogen and oxygen atoms in total. The normalized spacial score (nSPS) is 12.0. The molecule has 0 aliphatic carbocycles. The van der Waals surface area contributed by atoms with E-state index in [1.807, 2.05) is 6.08 Å². The highest BCUT2D eigenvalue weighted by atomic mass is 16.4. The quantitative estimate of drug-likeness (QED) is 0.132. The van der Waals surface area contributed by atoms with Crippen molar-refractivity contribution in [1.82, 2.24) is 0 Å². The van der Waals surface area contributed by atoms with E-state index in [1.165, 1.54) is 89.5 Å². The Morgan fingerprint density at radius 1 is 0.667 bits per heavy atom. The second-order valence-corrected chi connectivity index (χ2v) is 6.50. The molecule has 0 aromatic carbocycles. The van der Waals surface area contributed by atoms with Gasteiger partial charge in [-0.1, -0.05) is 88.7 Å². The van der Waals surface area contributed by atoms with Crippen LogP contribution in [0, 0.1) is 0 Å². The van der Waals surface area contributed by atoms with Crippen LogP contribution in [-0.4, -0.2) is 11.1 Å². The molecule has 0 radical (unpaired) electrons. The largest absolute Gasteiger partial charge is 0.478 e. The molecule has 0 aliphatic rings. The SMILES string of the molecule is CCCCCC=CCCCCCCCCCCC=CC=CC(=O)O. The van der Waals surface area contributed by atoms with Gasteiger partial charge in [-0.3, -0.25) is 0 Å². The highest BCUT2D eigenvalue weighted by Crippen LogP contribution is 2.11. The van der Waals surface area contributed by atoms with Crippen molar-refractivity contribution in [3.63, 3.8) is 0 Å². The van der Waals surface area contributed by atoms with Crippen LogP contribution in [0.15, 0.2) is 36.5 Å². The molecule has 0 unspecified atom stereocenters. The smallest absolute Gasteiger partial charge is 0.328 e. The maximum Gasteiger partial charge on any atom is 0.328 e. The van der Waals surface area contributed by atoms with Crippen molar-refractivity contribution in [1.29, 1.82) is 0 Å². The van der Waals surface area contributed by atoms with Crippen LogP contribution in [0.2, 0.25) is 0 Å². The zero-order valence-corrected chi connectivity index (χ0v) is 15.7. The van der Waals surface area contributed by atoms with Gasteiger partial charge in [0.15, 0.2) is 0 Å². The number of hydrogen-bond donors (Lipinski definition) is 1. The van der Waals surface area contributed by atoms with Crippen molar-refractivity contribution in [3.8, 4) is 0 Å². The van der Waals surface area contributed by atoms with Gasteiger partial charge in [0.25, 0.3) is 0 Å². The molecule has 0 fully saturated rings. The summed E-state index contributed by atoms with van der Waals surface area (Å²) in [5.41, 5.74) is 0. The second kappa shape index (κ2) is 19.7. The fourth-order valence-electron chi connectivity index (χ4n) is 2.65. The van der Waals surface area contributed by atoms with E-state index >= 15 is 0 Å². The van der Waals surface area contributed by atoms with E-state index in [0.717, 1.165) is 6.42 Å². The van der Waals surface area contributed by atoms with Gasteiger partial charge in [0.1, 0.15) is 0 Å². The standard InChI is InChI=1S/C22H38O2/c1-2-3-4-5-6-7-8-9-10-11-12-13-14-15-16-17-18-19-20-21-22(23)24/h6-7,18-21H,2-5,8-17H2,1H3,(H,23,24). The van der Waals surface area contributed by atoms with Gasteiger partial charge in [-0.25, -0.2) is 4.79 Å². The molecule has 0 atom stereocenters. The topological polar surface area (TPSA) is 37.3 Å². The number of aliphatic carboxylic acids is 1. The molecule has 0 spiro atoms. The van der Waals surface area contributed by atoms with Crippen LogP contribution in [-0.2, 0) is 4.79 Å². The predicted octanol–water partition coefficient (Wildman–Crippen LogP) is 7.22. The third kappa shape index (κ3) is 20.7. The molecule has 0 aromatic heterocycles. The predicted molar refractivity (Wildman–Crippen MR) is 105 cm³/mol. The average molecular weight is 335 g/mol. The summed E-state index contributed by atoms with van der Waals surface area (Å²) < 4.78 is 0. The Kier molecular flexibility index (Phi) is 18.7. The van der Waals surface area contributed by atoms with E-state index in [9.17, 15) is 4.79 Å². The van der Waals surface area contributed by atoms with Crippen LogP contribution < -0.4 is 0 Å². The van der Waals surface area contributed by atoms with Crippen molar-refractivity contribution >= 4 is 5.97 Å². The van der Waals surface area contributed by atoms with E-state index in [-0.39, 0.29) is 0 Å². The highest BCUT2D eigenvalue weighted by molar-refractivity contribution is 5.80. The number of hydrogen-bond acceptors (Lipinski definition) is 1. The molecule has 0 saturated carbocycles. The maximum absolute atomic E-state index is 10.3. The van der Waals surface area contributed by atoms with E-state index in [0.29, 0.717) is 0 Å². The number of carbonyl (C=O) groups is 1. The fourth-order valence-corrected chi connectivity index (χ4v) is 2.65. The molecule has 138 valence electrons. The van der Waals surface area contributed by atoms with Gasteiger partial charge in [-0.05, 0) is 38.5 Å². The van der Waals surface area contributed by atoms with Crippen LogP contribution in [0.25, 0.3) is 0 Å². The van der Waals surface area contributed by atoms with Crippen LogP contribution >= 0.6 is 0 Å². The van der Waals surface area contributed by atoms with Crippen molar-refractivity contribution in [2.45, 2.75) is 96.8 Å². The molecule has 0 rings (SSSR count). The van der Waals surface area contributed by atoms with Gasteiger partial charge in [-0.2, -0.15) is 0 Å². The number of rotatable bonds is 17. The minimum atomic E-state index is -0.886. The van der Waals surface area contributed by atoms with Crippen LogP contribution in [0.1, 0.15) is 96.8 Å². The molecule has 0 aliphatic heterocycles. The molecule has 2 heteroatoms. The van der Waals surface area contributed by atoms with E-state index in [4.69, 9.17) is 5.11 Å². The lowest BCUT2D eigenvalue weighted by Crippen LogP contribution is -1.84. The molecule has 0 heterocycles. The number of carboxylic acids is 1. The number of carboxylic acid groups (broad SMARTS) is 1. The lowest BCUT2D eigenvalue weighted by molar-refractivity contribution is -0.131. The summed E-state index contributed by atoms with van der Waals surface area (Å²) in [7, 11) is 0. The fraction of sp³-hybridized carbons (Fsp3) is 0.682. The maximum atomic E-state index is 10.3. The number of unbranched alkanes of at least 4 members (excludes halogenated alkanes) is 12. The first-order valence-corrected chi connectivity index (χ1v) is 9.98. The molecular formula is C22H38O2. The summed E-state index contributed by atoms with van der Waals surface area (Å²) in [5.74, 6) is -0.886.